The van der Waals surface area contributed by atoms with Crippen LogP contribution in [0.5, 0.6) is 23.0 Å². The molecule has 0 aliphatic carbocycles. The highest BCUT2D eigenvalue weighted by atomic mass is 16.7. The predicted octanol–water partition coefficient (Wildman–Crippen LogP) is 3.25. The first-order valence-corrected chi connectivity index (χ1v) is 7.73. The fourth-order valence-corrected chi connectivity index (χ4v) is 3.42. The average molecular weight is 313 g/mol. The zero-order valence-corrected chi connectivity index (χ0v) is 13.2. The minimum atomic E-state index is 0.189. The molecule has 0 spiro atoms. The number of aromatic hydroxyl groups is 1. The van der Waals surface area contributed by atoms with Gasteiger partial charge in [-0.15, -0.1) is 0 Å². The molecule has 0 radical (unpaired) electrons. The molecule has 0 bridgehead atoms. The molecule has 1 atom stereocenters. The number of methoxy groups -OCH3 is 1. The third kappa shape index (κ3) is 2.23. The van der Waals surface area contributed by atoms with Crippen molar-refractivity contribution >= 4 is 5.69 Å². The van der Waals surface area contributed by atoms with Crippen molar-refractivity contribution in [3.05, 3.63) is 41.5 Å². The van der Waals surface area contributed by atoms with Crippen LogP contribution >= 0.6 is 0 Å². The number of rotatable bonds is 2. The van der Waals surface area contributed by atoms with Crippen molar-refractivity contribution in [3.63, 3.8) is 0 Å². The van der Waals surface area contributed by atoms with Crippen LogP contribution in [-0.4, -0.2) is 25.6 Å². The first kappa shape index (κ1) is 14.1. The molecule has 23 heavy (non-hydrogen) atoms. The fraction of sp³-hybridized carbons (Fsp3) is 0.333. The van der Waals surface area contributed by atoms with Gasteiger partial charge in [0.25, 0.3) is 0 Å². The number of phenolic OH excluding ortho intramolecular Hbond substituents is 1. The van der Waals surface area contributed by atoms with Gasteiger partial charge in [0.15, 0.2) is 23.0 Å². The van der Waals surface area contributed by atoms with Gasteiger partial charge in [0.2, 0.25) is 6.79 Å². The molecule has 2 aliphatic heterocycles. The van der Waals surface area contributed by atoms with Crippen molar-refractivity contribution in [1.82, 2.24) is 0 Å². The number of fused-ring (bicyclic) bond motifs is 2. The molecule has 2 aliphatic rings. The third-order valence-electron chi connectivity index (χ3n) is 4.67. The van der Waals surface area contributed by atoms with Crippen molar-refractivity contribution < 1.29 is 19.3 Å². The molecule has 120 valence electrons. The lowest BCUT2D eigenvalue weighted by Gasteiger charge is -2.37. The van der Waals surface area contributed by atoms with Gasteiger partial charge in [-0.25, -0.2) is 0 Å². The van der Waals surface area contributed by atoms with Crippen LogP contribution in [-0.2, 0) is 6.42 Å². The second-order valence-electron chi connectivity index (χ2n) is 5.88. The van der Waals surface area contributed by atoms with E-state index in [9.17, 15) is 5.11 Å². The zero-order chi connectivity index (χ0) is 16.0. The molecule has 0 unspecified atom stereocenters. The van der Waals surface area contributed by atoms with Gasteiger partial charge in [0, 0.05) is 18.3 Å². The molecule has 2 heterocycles. The Hall–Kier alpha value is -2.56. The fourth-order valence-electron chi connectivity index (χ4n) is 3.42. The highest BCUT2D eigenvalue weighted by Crippen LogP contribution is 2.42. The number of nitrogens with zero attached hydrogens (tertiary/aromatic N) is 1. The molecular formula is C18H19NO4. The smallest absolute Gasteiger partial charge is 0.231 e. The summed E-state index contributed by atoms with van der Waals surface area (Å²) in [5, 5.41) is 9.97. The molecule has 5 nitrogen and oxygen atoms in total. The van der Waals surface area contributed by atoms with Gasteiger partial charge in [0.05, 0.1) is 13.2 Å². The second kappa shape index (κ2) is 5.26. The van der Waals surface area contributed by atoms with Crippen molar-refractivity contribution in [3.8, 4) is 23.0 Å². The van der Waals surface area contributed by atoms with Crippen molar-refractivity contribution in [1.29, 1.82) is 0 Å². The van der Waals surface area contributed by atoms with E-state index >= 15 is 0 Å². The van der Waals surface area contributed by atoms with Crippen LogP contribution < -0.4 is 19.1 Å². The Morgan fingerprint density at radius 2 is 2.00 bits per heavy atom. The lowest BCUT2D eigenvalue weighted by molar-refractivity contribution is 0.174. The van der Waals surface area contributed by atoms with Gasteiger partial charge < -0.3 is 24.2 Å². The minimum absolute atomic E-state index is 0.189. The Kier molecular flexibility index (Phi) is 3.22. The Morgan fingerprint density at radius 1 is 1.17 bits per heavy atom. The van der Waals surface area contributed by atoms with Crippen molar-refractivity contribution in [2.24, 2.45) is 0 Å². The third-order valence-corrected chi connectivity index (χ3v) is 4.67. The molecule has 2 aromatic carbocycles. The molecule has 5 heteroatoms. The molecule has 1 N–H and O–H groups in total. The second-order valence-corrected chi connectivity index (χ2v) is 5.88. The van der Waals surface area contributed by atoms with Crippen molar-refractivity contribution in [2.75, 3.05) is 25.3 Å². The van der Waals surface area contributed by atoms with Crippen LogP contribution in [0, 0.1) is 0 Å². The summed E-state index contributed by atoms with van der Waals surface area (Å²) in [5.41, 5.74) is 3.47. The van der Waals surface area contributed by atoms with E-state index in [0.717, 1.165) is 30.2 Å². The van der Waals surface area contributed by atoms with E-state index < -0.39 is 0 Å². The molecule has 4 rings (SSSR count). The SMILES string of the molecule is COc1cc2c(cc1O)CCN(c1ccc3c(c1)OCO3)[C@@H]2C. The number of anilines is 1. The molecule has 2 aromatic rings. The van der Waals surface area contributed by atoms with Crippen LogP contribution in [0.3, 0.4) is 0 Å². The summed E-state index contributed by atoms with van der Waals surface area (Å²) < 4.78 is 16.1. The quantitative estimate of drug-likeness (QED) is 0.922. The normalized spacial score (nSPS) is 18.7. The maximum absolute atomic E-state index is 9.97. The highest BCUT2D eigenvalue weighted by molar-refractivity contribution is 5.60. The zero-order valence-electron chi connectivity index (χ0n) is 13.2. The monoisotopic (exact) mass is 313 g/mol. The Morgan fingerprint density at radius 3 is 2.83 bits per heavy atom. The van der Waals surface area contributed by atoms with Crippen LogP contribution in [0.15, 0.2) is 30.3 Å². The minimum Gasteiger partial charge on any atom is -0.504 e. The van der Waals surface area contributed by atoms with E-state index in [1.54, 1.807) is 7.11 Å². The van der Waals surface area contributed by atoms with E-state index in [1.165, 1.54) is 11.1 Å². The number of hydrogen-bond donors (Lipinski definition) is 1. The summed E-state index contributed by atoms with van der Waals surface area (Å²) in [6, 6.07) is 10.00. The lowest BCUT2D eigenvalue weighted by atomic mass is 9.92. The Bertz CT molecular complexity index is 759. The summed E-state index contributed by atoms with van der Waals surface area (Å²) >= 11 is 0. The highest BCUT2D eigenvalue weighted by Gasteiger charge is 2.27. The summed E-state index contributed by atoms with van der Waals surface area (Å²) in [6.07, 6.45) is 0.881. The van der Waals surface area contributed by atoms with Crippen molar-refractivity contribution in [2.45, 2.75) is 19.4 Å². The van der Waals surface area contributed by atoms with E-state index in [-0.39, 0.29) is 18.6 Å². The first-order chi connectivity index (χ1) is 11.2. The Balaban J connectivity index is 1.70. The number of hydrogen-bond acceptors (Lipinski definition) is 5. The van der Waals surface area contributed by atoms with Gasteiger partial charge in [-0.2, -0.15) is 0 Å². The topological polar surface area (TPSA) is 51.2 Å². The summed E-state index contributed by atoms with van der Waals surface area (Å²) in [7, 11) is 1.57. The standard InChI is InChI=1S/C18H19NO4/c1-11-14-9-17(21-2)15(20)7-12(14)5-6-19(11)13-3-4-16-18(8-13)23-10-22-16/h3-4,7-9,11,20H,5-6,10H2,1-2H3/t11-/m1/s1. The summed E-state index contributed by atoms with van der Waals surface area (Å²) in [5.74, 6) is 2.31. The van der Waals surface area contributed by atoms with Crippen LogP contribution in [0.4, 0.5) is 5.69 Å². The van der Waals surface area contributed by atoms with Gasteiger partial charge in [0.1, 0.15) is 0 Å². The maximum atomic E-state index is 9.97. The largest absolute Gasteiger partial charge is 0.504 e. The van der Waals surface area contributed by atoms with E-state index in [0.29, 0.717) is 5.75 Å². The molecule has 0 amide bonds. The summed E-state index contributed by atoms with van der Waals surface area (Å²) in [6.45, 7) is 3.34. The molecular weight excluding hydrogens is 294 g/mol. The van der Waals surface area contributed by atoms with Crippen LogP contribution in [0.1, 0.15) is 24.1 Å². The van der Waals surface area contributed by atoms with E-state index in [1.807, 2.05) is 24.3 Å². The Labute approximate surface area is 135 Å². The van der Waals surface area contributed by atoms with E-state index in [2.05, 4.69) is 17.9 Å². The average Bonchev–Trinajstić information content (AvgIpc) is 3.02. The number of phenols is 1. The van der Waals surface area contributed by atoms with Gasteiger partial charge in [-0.05, 0) is 48.7 Å². The number of ether oxygens (including phenoxy) is 3. The molecule has 0 saturated carbocycles. The first-order valence-electron chi connectivity index (χ1n) is 7.73. The van der Waals surface area contributed by atoms with Gasteiger partial charge in [-0.3, -0.25) is 0 Å². The lowest BCUT2D eigenvalue weighted by Crippen LogP contribution is -2.33. The number of benzene rings is 2. The van der Waals surface area contributed by atoms with Crippen LogP contribution in [0.25, 0.3) is 0 Å². The van der Waals surface area contributed by atoms with Gasteiger partial charge >= 0.3 is 0 Å². The molecule has 0 aromatic heterocycles. The predicted molar refractivity (Wildman–Crippen MR) is 86.7 cm³/mol. The maximum Gasteiger partial charge on any atom is 0.231 e. The van der Waals surface area contributed by atoms with Crippen LogP contribution in [0.2, 0.25) is 0 Å². The summed E-state index contributed by atoms with van der Waals surface area (Å²) in [4.78, 5) is 2.33. The molecule has 0 fully saturated rings. The molecule has 0 saturated heterocycles. The van der Waals surface area contributed by atoms with Gasteiger partial charge in [-0.1, -0.05) is 0 Å². The van der Waals surface area contributed by atoms with E-state index in [4.69, 9.17) is 14.2 Å².